The standard InChI is InChI=1S/C12H9FN2O2.C8H11NO/c13-9-3-1-2-4-11(9)17-12(16)10-6-5-8(14)7-15-10;1-5-3-7(9)4-6(2)8(5)10/h1-7H,14H2;3-4,10H,9H2,1-2H3. The monoisotopic (exact) mass is 369 g/mol. The summed E-state index contributed by atoms with van der Waals surface area (Å²) in [7, 11) is 0. The van der Waals surface area contributed by atoms with Gasteiger partial charge in [-0.2, -0.15) is 0 Å². The average Bonchev–Trinajstić information content (AvgIpc) is 2.62. The lowest BCUT2D eigenvalue weighted by molar-refractivity contribution is 0.0721. The Morgan fingerprint density at radius 2 is 1.67 bits per heavy atom. The minimum atomic E-state index is -0.727. The molecule has 140 valence electrons. The van der Waals surface area contributed by atoms with Gasteiger partial charge in [-0.15, -0.1) is 0 Å². The molecule has 0 aliphatic carbocycles. The van der Waals surface area contributed by atoms with Crippen LogP contribution in [0.2, 0.25) is 0 Å². The molecule has 6 nitrogen and oxygen atoms in total. The van der Waals surface area contributed by atoms with E-state index >= 15 is 0 Å². The first-order valence-corrected chi connectivity index (χ1v) is 8.02. The van der Waals surface area contributed by atoms with Crippen LogP contribution in [0.4, 0.5) is 15.8 Å². The number of halogens is 1. The van der Waals surface area contributed by atoms with Gasteiger partial charge in [0.15, 0.2) is 11.6 Å². The molecule has 3 rings (SSSR count). The number of ether oxygens (including phenoxy) is 1. The van der Waals surface area contributed by atoms with Gasteiger partial charge in [-0.25, -0.2) is 14.2 Å². The quantitative estimate of drug-likeness (QED) is 0.275. The first-order valence-electron chi connectivity index (χ1n) is 8.02. The SMILES string of the molecule is Cc1cc(N)cc(C)c1O.Nc1ccc(C(=O)Oc2ccccc2F)nc1. The van der Waals surface area contributed by atoms with Crippen molar-refractivity contribution < 1.29 is 19.0 Å². The molecular formula is C20H20FN3O3. The van der Waals surface area contributed by atoms with Crippen molar-refractivity contribution in [3.8, 4) is 11.5 Å². The van der Waals surface area contributed by atoms with Gasteiger partial charge in [0.05, 0.1) is 11.9 Å². The molecule has 5 N–H and O–H groups in total. The number of phenolic OH excluding ortho intramolecular Hbond substituents is 1. The number of hydrogen-bond donors (Lipinski definition) is 3. The summed E-state index contributed by atoms with van der Waals surface area (Å²) < 4.78 is 18.1. The second-order valence-corrected chi connectivity index (χ2v) is 5.80. The summed E-state index contributed by atoms with van der Waals surface area (Å²) in [5, 5.41) is 9.28. The molecule has 0 saturated carbocycles. The number of esters is 1. The fraction of sp³-hybridized carbons (Fsp3) is 0.100. The van der Waals surface area contributed by atoms with Crippen molar-refractivity contribution in [2.75, 3.05) is 11.5 Å². The van der Waals surface area contributed by atoms with E-state index in [0.717, 1.165) is 11.1 Å². The Morgan fingerprint density at radius 3 is 2.22 bits per heavy atom. The molecule has 1 heterocycles. The minimum Gasteiger partial charge on any atom is -0.507 e. The van der Waals surface area contributed by atoms with Gasteiger partial charge in [0.1, 0.15) is 11.4 Å². The summed E-state index contributed by atoms with van der Waals surface area (Å²) in [4.78, 5) is 15.4. The van der Waals surface area contributed by atoms with Crippen LogP contribution in [0.5, 0.6) is 11.5 Å². The lowest BCUT2D eigenvalue weighted by atomic mass is 10.1. The first-order chi connectivity index (χ1) is 12.8. The van der Waals surface area contributed by atoms with Gasteiger partial charge < -0.3 is 21.3 Å². The zero-order valence-electron chi connectivity index (χ0n) is 14.9. The predicted molar refractivity (Wildman–Crippen MR) is 102 cm³/mol. The number of anilines is 2. The smallest absolute Gasteiger partial charge is 0.362 e. The number of carbonyl (C=O) groups is 1. The second-order valence-electron chi connectivity index (χ2n) is 5.80. The van der Waals surface area contributed by atoms with Crippen LogP contribution >= 0.6 is 0 Å². The van der Waals surface area contributed by atoms with E-state index < -0.39 is 11.8 Å². The van der Waals surface area contributed by atoms with Gasteiger partial charge in [0, 0.05) is 5.69 Å². The Morgan fingerprint density at radius 1 is 1.04 bits per heavy atom. The highest BCUT2D eigenvalue weighted by Crippen LogP contribution is 2.23. The molecule has 0 bridgehead atoms. The number of para-hydroxylation sites is 1. The zero-order valence-corrected chi connectivity index (χ0v) is 14.9. The summed E-state index contributed by atoms with van der Waals surface area (Å²) >= 11 is 0. The largest absolute Gasteiger partial charge is 0.507 e. The summed E-state index contributed by atoms with van der Waals surface area (Å²) in [5.74, 6) is -1.11. The van der Waals surface area contributed by atoms with Gasteiger partial charge in [0.2, 0.25) is 0 Å². The zero-order chi connectivity index (χ0) is 20.0. The number of benzene rings is 2. The fourth-order valence-corrected chi connectivity index (χ4v) is 2.20. The second kappa shape index (κ2) is 8.66. The highest BCUT2D eigenvalue weighted by molar-refractivity contribution is 5.89. The Bertz CT molecular complexity index is 920. The Labute approximate surface area is 156 Å². The lowest BCUT2D eigenvalue weighted by Gasteiger charge is -2.04. The lowest BCUT2D eigenvalue weighted by Crippen LogP contribution is -2.11. The molecular weight excluding hydrogens is 349 g/mol. The third-order valence-electron chi connectivity index (χ3n) is 3.55. The Balaban J connectivity index is 0.000000223. The maximum Gasteiger partial charge on any atom is 0.362 e. The fourth-order valence-electron chi connectivity index (χ4n) is 2.20. The van der Waals surface area contributed by atoms with E-state index in [1.54, 1.807) is 18.2 Å². The number of pyridine rings is 1. The first kappa shape index (κ1) is 19.7. The number of carbonyl (C=O) groups excluding carboxylic acids is 1. The van der Waals surface area contributed by atoms with Crippen LogP contribution < -0.4 is 16.2 Å². The predicted octanol–water partition coefficient (Wildman–Crippen LogP) is 3.61. The van der Waals surface area contributed by atoms with E-state index in [4.69, 9.17) is 16.2 Å². The molecule has 0 saturated heterocycles. The molecule has 7 heteroatoms. The van der Waals surface area contributed by atoms with Gasteiger partial charge in [0.25, 0.3) is 0 Å². The van der Waals surface area contributed by atoms with E-state index in [1.807, 2.05) is 13.8 Å². The molecule has 0 aliphatic heterocycles. The number of rotatable bonds is 2. The van der Waals surface area contributed by atoms with Crippen molar-refractivity contribution >= 4 is 17.3 Å². The molecule has 2 aromatic carbocycles. The van der Waals surface area contributed by atoms with Crippen molar-refractivity contribution in [1.29, 1.82) is 0 Å². The number of aromatic hydroxyl groups is 1. The van der Waals surface area contributed by atoms with Gasteiger partial charge in [-0.3, -0.25) is 0 Å². The maximum absolute atomic E-state index is 13.2. The number of aromatic nitrogens is 1. The molecule has 0 unspecified atom stereocenters. The number of nitrogens with two attached hydrogens (primary N) is 2. The number of hydrogen-bond acceptors (Lipinski definition) is 6. The van der Waals surface area contributed by atoms with Crippen LogP contribution in [0.1, 0.15) is 21.6 Å². The number of phenols is 1. The van der Waals surface area contributed by atoms with Crippen LogP contribution in [0.3, 0.4) is 0 Å². The third-order valence-corrected chi connectivity index (χ3v) is 3.55. The van der Waals surface area contributed by atoms with E-state index in [9.17, 15) is 14.3 Å². The Hall–Kier alpha value is -3.61. The molecule has 27 heavy (non-hydrogen) atoms. The molecule has 0 spiro atoms. The van der Waals surface area contributed by atoms with Crippen molar-refractivity contribution in [3.63, 3.8) is 0 Å². The van der Waals surface area contributed by atoms with Crippen LogP contribution in [0, 0.1) is 19.7 Å². The maximum atomic E-state index is 13.2. The molecule has 0 radical (unpaired) electrons. The van der Waals surface area contributed by atoms with Crippen molar-refractivity contribution in [2.45, 2.75) is 13.8 Å². The molecule has 1 aromatic heterocycles. The molecule has 0 fully saturated rings. The van der Waals surface area contributed by atoms with Crippen molar-refractivity contribution in [1.82, 2.24) is 4.98 Å². The summed E-state index contributed by atoms with van der Waals surface area (Å²) in [6.45, 7) is 3.66. The number of aryl methyl sites for hydroxylation is 2. The average molecular weight is 369 g/mol. The van der Waals surface area contributed by atoms with E-state index in [-0.39, 0.29) is 11.4 Å². The third kappa shape index (κ3) is 5.43. The summed E-state index contributed by atoms with van der Waals surface area (Å²) in [5.41, 5.74) is 13.8. The van der Waals surface area contributed by atoms with Crippen LogP contribution in [0.15, 0.2) is 54.7 Å². The van der Waals surface area contributed by atoms with Crippen molar-refractivity contribution in [3.05, 3.63) is 77.4 Å². The minimum absolute atomic E-state index is 0.0717. The molecule has 3 aromatic rings. The summed E-state index contributed by atoms with van der Waals surface area (Å²) in [6.07, 6.45) is 1.33. The molecule has 0 atom stereocenters. The highest BCUT2D eigenvalue weighted by Gasteiger charge is 2.12. The van der Waals surface area contributed by atoms with Gasteiger partial charge >= 0.3 is 5.97 Å². The van der Waals surface area contributed by atoms with Gasteiger partial charge in [-0.1, -0.05) is 12.1 Å². The van der Waals surface area contributed by atoms with E-state index in [2.05, 4.69) is 4.98 Å². The number of nitrogen functional groups attached to an aromatic ring is 2. The topological polar surface area (TPSA) is 111 Å². The van der Waals surface area contributed by atoms with Crippen LogP contribution in [-0.4, -0.2) is 16.1 Å². The van der Waals surface area contributed by atoms with Crippen molar-refractivity contribution in [2.24, 2.45) is 0 Å². The Kier molecular flexibility index (Phi) is 6.32. The highest BCUT2D eigenvalue weighted by atomic mass is 19.1. The van der Waals surface area contributed by atoms with E-state index in [0.29, 0.717) is 17.1 Å². The summed E-state index contributed by atoms with van der Waals surface area (Å²) in [6, 6.07) is 12.1. The normalized spacial score (nSPS) is 9.89. The van der Waals surface area contributed by atoms with Crippen LogP contribution in [-0.2, 0) is 0 Å². The van der Waals surface area contributed by atoms with Gasteiger partial charge in [-0.05, 0) is 61.4 Å². The number of nitrogens with zero attached hydrogens (tertiary/aromatic N) is 1. The molecule has 0 aliphatic rings. The van der Waals surface area contributed by atoms with E-state index in [1.165, 1.54) is 36.5 Å². The molecule has 0 amide bonds. The van der Waals surface area contributed by atoms with Crippen LogP contribution in [0.25, 0.3) is 0 Å².